The van der Waals surface area contributed by atoms with Gasteiger partial charge >= 0.3 is 0 Å². The van der Waals surface area contributed by atoms with Gasteiger partial charge in [-0.05, 0) is 36.4 Å². The number of rotatable bonds is 5. The van der Waals surface area contributed by atoms with E-state index in [1.54, 1.807) is 0 Å². The van der Waals surface area contributed by atoms with Crippen LogP contribution in [0.25, 0.3) is 0 Å². The average Bonchev–Trinajstić information content (AvgIpc) is 2.73. The lowest BCUT2D eigenvalue weighted by Gasteiger charge is -2.37. The predicted molar refractivity (Wildman–Crippen MR) is 121 cm³/mol. The molecule has 0 radical (unpaired) electrons. The van der Waals surface area contributed by atoms with Gasteiger partial charge in [0, 0.05) is 49.0 Å². The monoisotopic (exact) mass is 449 g/mol. The van der Waals surface area contributed by atoms with Crippen LogP contribution in [0, 0.1) is 5.92 Å². The van der Waals surface area contributed by atoms with E-state index in [-0.39, 0.29) is 27.8 Å². The average molecular weight is 450 g/mol. The Labute approximate surface area is 186 Å². The van der Waals surface area contributed by atoms with E-state index in [0.717, 1.165) is 18.8 Å². The lowest BCUT2D eigenvalue weighted by molar-refractivity contribution is -0.134. The van der Waals surface area contributed by atoms with Crippen LogP contribution in [0.4, 0.5) is 11.4 Å². The van der Waals surface area contributed by atoms with E-state index in [1.165, 1.54) is 19.2 Å². The molecule has 0 saturated carbocycles. The molecule has 1 heterocycles. The van der Waals surface area contributed by atoms with Crippen LogP contribution in [0.15, 0.2) is 36.4 Å². The topological polar surface area (TPSA) is 61.9 Å². The zero-order valence-electron chi connectivity index (χ0n) is 17.2. The number of carbonyl (C=O) groups excluding carboxylic acids is 2. The minimum Gasteiger partial charge on any atom is -0.494 e. The molecular weight excluding hydrogens is 425 g/mol. The molecule has 1 saturated heterocycles. The van der Waals surface area contributed by atoms with Gasteiger partial charge in [-0.1, -0.05) is 37.0 Å². The number of nitrogens with zero attached hydrogens (tertiary/aromatic N) is 2. The second kappa shape index (κ2) is 9.58. The van der Waals surface area contributed by atoms with Crippen molar-refractivity contribution in [2.45, 2.75) is 13.8 Å². The number of amides is 2. The number of halogens is 2. The maximum absolute atomic E-state index is 12.5. The van der Waals surface area contributed by atoms with Crippen LogP contribution in [0.2, 0.25) is 10.0 Å². The fourth-order valence-electron chi connectivity index (χ4n) is 3.40. The van der Waals surface area contributed by atoms with E-state index < -0.39 is 0 Å². The molecule has 6 nitrogen and oxygen atoms in total. The van der Waals surface area contributed by atoms with Crippen LogP contribution in [0.3, 0.4) is 0 Å². The molecule has 0 aromatic heterocycles. The second-order valence-electron chi connectivity index (χ2n) is 7.44. The number of piperazine rings is 1. The van der Waals surface area contributed by atoms with Crippen LogP contribution < -0.4 is 15.0 Å². The minimum absolute atomic E-state index is 0.0231. The zero-order chi connectivity index (χ0) is 21.8. The largest absolute Gasteiger partial charge is 0.494 e. The molecular formula is C22H25Cl2N3O3. The summed E-state index contributed by atoms with van der Waals surface area (Å²) in [6, 6.07) is 10.7. The van der Waals surface area contributed by atoms with Crippen molar-refractivity contribution in [3.63, 3.8) is 0 Å². The summed E-state index contributed by atoms with van der Waals surface area (Å²) in [5, 5.41) is 3.40. The third kappa shape index (κ3) is 4.99. The Balaban J connectivity index is 1.61. The van der Waals surface area contributed by atoms with Gasteiger partial charge in [0.1, 0.15) is 0 Å². The number of nitrogens with one attached hydrogen (secondary N) is 1. The first-order valence-corrected chi connectivity index (χ1v) is 10.5. The molecule has 1 fully saturated rings. The molecule has 8 heteroatoms. The summed E-state index contributed by atoms with van der Waals surface area (Å²) in [6.45, 7) is 6.86. The lowest BCUT2D eigenvalue weighted by atomic mass is 10.1. The van der Waals surface area contributed by atoms with Crippen molar-refractivity contribution in [2.75, 3.05) is 43.5 Å². The molecule has 0 bridgehead atoms. The summed E-state index contributed by atoms with van der Waals surface area (Å²) in [6.07, 6.45) is 0. The predicted octanol–water partition coefficient (Wildman–Crippen LogP) is 4.56. The van der Waals surface area contributed by atoms with Crippen molar-refractivity contribution in [1.82, 2.24) is 4.90 Å². The SMILES string of the molecule is COc1c(Cl)cc(C(=O)Nc2ccc(N3CCN(C(=O)C(C)C)CC3)cc2)cc1Cl. The van der Waals surface area contributed by atoms with Crippen molar-refractivity contribution in [3.8, 4) is 5.75 Å². The molecule has 2 amide bonds. The third-order valence-electron chi connectivity index (χ3n) is 5.04. The van der Waals surface area contributed by atoms with Crippen LogP contribution in [0.1, 0.15) is 24.2 Å². The Morgan fingerprint density at radius 2 is 1.57 bits per heavy atom. The number of benzene rings is 2. The highest BCUT2D eigenvalue weighted by Crippen LogP contribution is 2.34. The molecule has 1 aliphatic rings. The molecule has 3 rings (SSSR count). The molecule has 0 unspecified atom stereocenters. The first-order valence-electron chi connectivity index (χ1n) is 9.78. The van der Waals surface area contributed by atoms with Gasteiger partial charge in [0.15, 0.2) is 5.75 Å². The van der Waals surface area contributed by atoms with Gasteiger partial charge in [-0.15, -0.1) is 0 Å². The number of hydrogen-bond acceptors (Lipinski definition) is 4. The normalized spacial score (nSPS) is 14.1. The Hall–Kier alpha value is -2.44. The number of hydrogen-bond donors (Lipinski definition) is 1. The van der Waals surface area contributed by atoms with E-state index in [1.807, 2.05) is 43.0 Å². The fraction of sp³-hybridized carbons (Fsp3) is 0.364. The molecule has 2 aromatic carbocycles. The molecule has 0 aliphatic carbocycles. The highest BCUT2D eigenvalue weighted by Gasteiger charge is 2.23. The third-order valence-corrected chi connectivity index (χ3v) is 5.60. The van der Waals surface area contributed by atoms with Crippen molar-refractivity contribution in [1.29, 1.82) is 0 Å². The van der Waals surface area contributed by atoms with Gasteiger partial charge in [0.05, 0.1) is 17.2 Å². The van der Waals surface area contributed by atoms with Crippen molar-refractivity contribution >= 4 is 46.4 Å². The van der Waals surface area contributed by atoms with Gasteiger partial charge < -0.3 is 19.9 Å². The molecule has 1 aliphatic heterocycles. The number of ether oxygens (including phenoxy) is 1. The quantitative estimate of drug-likeness (QED) is 0.726. The number of anilines is 2. The molecule has 2 aromatic rings. The van der Waals surface area contributed by atoms with Crippen molar-refractivity contribution < 1.29 is 14.3 Å². The van der Waals surface area contributed by atoms with Gasteiger partial charge in [-0.25, -0.2) is 0 Å². The Kier molecular flexibility index (Phi) is 7.10. The van der Waals surface area contributed by atoms with Gasteiger partial charge in [0.25, 0.3) is 5.91 Å². The molecule has 0 spiro atoms. The lowest BCUT2D eigenvalue weighted by Crippen LogP contribution is -2.49. The molecule has 1 N–H and O–H groups in total. The summed E-state index contributed by atoms with van der Waals surface area (Å²) in [7, 11) is 1.47. The molecule has 30 heavy (non-hydrogen) atoms. The standard InChI is InChI=1S/C22H25Cl2N3O3/c1-14(2)22(29)27-10-8-26(9-11-27)17-6-4-16(5-7-17)25-21(28)15-12-18(23)20(30-3)19(24)13-15/h4-7,12-14H,8-11H2,1-3H3,(H,25,28). The summed E-state index contributed by atoms with van der Waals surface area (Å²) in [5.41, 5.74) is 2.07. The maximum atomic E-state index is 12.5. The van der Waals surface area contributed by atoms with E-state index in [2.05, 4.69) is 10.2 Å². The van der Waals surface area contributed by atoms with Gasteiger partial charge in [0.2, 0.25) is 5.91 Å². The number of methoxy groups -OCH3 is 1. The fourth-order valence-corrected chi connectivity index (χ4v) is 4.04. The summed E-state index contributed by atoms with van der Waals surface area (Å²) in [5.74, 6) is 0.255. The Morgan fingerprint density at radius 1 is 1.00 bits per heavy atom. The van der Waals surface area contributed by atoms with Crippen LogP contribution in [0.5, 0.6) is 5.75 Å². The summed E-state index contributed by atoms with van der Waals surface area (Å²) < 4.78 is 5.11. The van der Waals surface area contributed by atoms with Crippen molar-refractivity contribution in [3.05, 3.63) is 52.0 Å². The van der Waals surface area contributed by atoms with Crippen LogP contribution >= 0.6 is 23.2 Å². The molecule has 0 atom stereocenters. The first-order chi connectivity index (χ1) is 14.3. The Bertz CT molecular complexity index is 901. The minimum atomic E-state index is -0.310. The first kappa shape index (κ1) is 22.2. The Morgan fingerprint density at radius 3 is 2.07 bits per heavy atom. The van der Waals surface area contributed by atoms with Crippen molar-refractivity contribution in [2.24, 2.45) is 5.92 Å². The van der Waals surface area contributed by atoms with E-state index >= 15 is 0 Å². The van der Waals surface area contributed by atoms with E-state index in [9.17, 15) is 9.59 Å². The zero-order valence-corrected chi connectivity index (χ0v) is 18.8. The second-order valence-corrected chi connectivity index (χ2v) is 8.26. The highest BCUT2D eigenvalue weighted by molar-refractivity contribution is 6.37. The molecule has 160 valence electrons. The van der Waals surface area contributed by atoms with Gasteiger partial charge in [-0.2, -0.15) is 0 Å². The number of carbonyl (C=O) groups is 2. The summed E-state index contributed by atoms with van der Waals surface area (Å²) >= 11 is 12.2. The van der Waals surface area contributed by atoms with Crippen LogP contribution in [-0.4, -0.2) is 50.0 Å². The van der Waals surface area contributed by atoms with E-state index in [0.29, 0.717) is 30.1 Å². The smallest absolute Gasteiger partial charge is 0.255 e. The highest BCUT2D eigenvalue weighted by atomic mass is 35.5. The maximum Gasteiger partial charge on any atom is 0.255 e. The van der Waals surface area contributed by atoms with Crippen LogP contribution in [-0.2, 0) is 4.79 Å². The van der Waals surface area contributed by atoms with Gasteiger partial charge in [-0.3, -0.25) is 9.59 Å². The summed E-state index contributed by atoms with van der Waals surface area (Å²) in [4.78, 5) is 28.8. The van der Waals surface area contributed by atoms with E-state index in [4.69, 9.17) is 27.9 Å².